The van der Waals surface area contributed by atoms with E-state index in [0.29, 0.717) is 5.92 Å². The molecule has 0 aliphatic carbocycles. The number of nitrogens with one attached hydrogen (secondary N) is 1. The van der Waals surface area contributed by atoms with Crippen molar-refractivity contribution in [3.8, 4) is 22.1 Å². The smallest absolute Gasteiger partial charge is 0.151 e. The summed E-state index contributed by atoms with van der Waals surface area (Å²) in [5, 5.41) is 13.7. The lowest BCUT2D eigenvalue weighted by atomic mass is 10.2. The van der Waals surface area contributed by atoms with Crippen molar-refractivity contribution >= 4 is 11.3 Å². The topological polar surface area (TPSA) is 56.3 Å². The molecule has 2 aromatic rings. The highest BCUT2D eigenvalue weighted by Gasteiger charge is 2.13. The van der Waals surface area contributed by atoms with Gasteiger partial charge in [-0.2, -0.15) is 0 Å². The Bertz CT molecular complexity index is 584. The van der Waals surface area contributed by atoms with E-state index < -0.39 is 0 Å². The van der Waals surface area contributed by atoms with Gasteiger partial charge in [-0.15, -0.1) is 10.2 Å². The Morgan fingerprint density at radius 1 is 1.19 bits per heavy atom. The maximum absolute atomic E-state index is 5.39. The Labute approximate surface area is 129 Å². The Morgan fingerprint density at radius 2 is 2.00 bits per heavy atom. The van der Waals surface area contributed by atoms with Crippen molar-refractivity contribution in [1.82, 2.24) is 15.5 Å². The van der Waals surface area contributed by atoms with Crippen LogP contribution in [0.1, 0.15) is 18.9 Å². The number of nitrogens with zero attached hydrogens (tertiary/aromatic N) is 2. The first kappa shape index (κ1) is 15.7. The van der Waals surface area contributed by atoms with Gasteiger partial charge in [-0.25, -0.2) is 0 Å². The van der Waals surface area contributed by atoms with E-state index in [2.05, 4.69) is 29.4 Å². The zero-order valence-electron chi connectivity index (χ0n) is 12.8. The molecule has 0 unspecified atom stereocenters. The molecule has 0 fully saturated rings. The van der Waals surface area contributed by atoms with E-state index in [1.807, 2.05) is 18.2 Å². The van der Waals surface area contributed by atoms with Gasteiger partial charge in [0.25, 0.3) is 0 Å². The van der Waals surface area contributed by atoms with E-state index in [1.165, 1.54) is 0 Å². The monoisotopic (exact) mass is 307 g/mol. The summed E-state index contributed by atoms with van der Waals surface area (Å²) in [5.41, 5.74) is 0.907. The predicted molar refractivity (Wildman–Crippen MR) is 85.0 cm³/mol. The van der Waals surface area contributed by atoms with Gasteiger partial charge in [0.15, 0.2) is 5.01 Å². The predicted octanol–water partition coefficient (Wildman–Crippen LogP) is 2.97. The second-order valence-electron chi connectivity index (χ2n) is 5.09. The summed E-state index contributed by atoms with van der Waals surface area (Å²) in [4.78, 5) is 0. The van der Waals surface area contributed by atoms with Crippen molar-refractivity contribution in [2.24, 2.45) is 5.92 Å². The number of rotatable bonds is 7. The fourth-order valence-electron chi connectivity index (χ4n) is 1.88. The molecule has 0 amide bonds. The first-order valence-electron chi connectivity index (χ1n) is 6.89. The van der Waals surface area contributed by atoms with Gasteiger partial charge < -0.3 is 14.8 Å². The quantitative estimate of drug-likeness (QED) is 0.852. The summed E-state index contributed by atoms with van der Waals surface area (Å²) >= 11 is 1.57. The van der Waals surface area contributed by atoms with E-state index >= 15 is 0 Å². The molecule has 1 aromatic heterocycles. The van der Waals surface area contributed by atoms with Gasteiger partial charge in [-0.3, -0.25) is 0 Å². The number of methoxy groups -OCH3 is 2. The summed E-state index contributed by atoms with van der Waals surface area (Å²) in [7, 11) is 3.30. The van der Waals surface area contributed by atoms with Crippen LogP contribution in [0.5, 0.6) is 11.5 Å². The molecule has 114 valence electrons. The number of ether oxygens (including phenoxy) is 2. The molecule has 0 aliphatic heterocycles. The fraction of sp³-hybridized carbons (Fsp3) is 0.467. The zero-order chi connectivity index (χ0) is 15.2. The Morgan fingerprint density at radius 3 is 2.67 bits per heavy atom. The number of hydrogen-bond donors (Lipinski definition) is 1. The molecule has 21 heavy (non-hydrogen) atoms. The molecule has 2 rings (SSSR count). The molecule has 1 heterocycles. The fourth-order valence-corrected chi connectivity index (χ4v) is 2.71. The van der Waals surface area contributed by atoms with Crippen LogP contribution in [-0.4, -0.2) is 31.0 Å². The third kappa shape index (κ3) is 4.15. The van der Waals surface area contributed by atoms with Gasteiger partial charge >= 0.3 is 0 Å². The van der Waals surface area contributed by atoms with Crippen LogP contribution in [0.25, 0.3) is 10.6 Å². The standard InChI is InChI=1S/C15H21N3O2S/c1-10(2)8-16-9-14-17-18-15(21-14)12-7-11(19-3)5-6-13(12)20-4/h5-7,10,16H,8-9H2,1-4H3. The molecule has 0 saturated carbocycles. The van der Waals surface area contributed by atoms with Crippen LogP contribution in [0.2, 0.25) is 0 Å². The Hall–Kier alpha value is -1.66. The van der Waals surface area contributed by atoms with Gasteiger partial charge in [0.05, 0.1) is 19.8 Å². The third-order valence-corrected chi connectivity index (χ3v) is 3.89. The second-order valence-corrected chi connectivity index (χ2v) is 6.15. The third-order valence-electron chi connectivity index (χ3n) is 2.93. The van der Waals surface area contributed by atoms with E-state index in [1.54, 1.807) is 25.6 Å². The minimum Gasteiger partial charge on any atom is -0.497 e. The second kappa shape index (κ2) is 7.38. The van der Waals surface area contributed by atoms with E-state index in [9.17, 15) is 0 Å². The molecule has 0 atom stereocenters. The highest BCUT2D eigenvalue weighted by Crippen LogP contribution is 2.34. The van der Waals surface area contributed by atoms with Crippen LogP contribution in [0.4, 0.5) is 0 Å². The lowest BCUT2D eigenvalue weighted by molar-refractivity contribution is 0.404. The minimum atomic E-state index is 0.621. The van der Waals surface area contributed by atoms with Crippen LogP contribution in [-0.2, 0) is 6.54 Å². The molecule has 0 bridgehead atoms. The van der Waals surface area contributed by atoms with Gasteiger partial charge in [0.2, 0.25) is 0 Å². The number of aromatic nitrogens is 2. The molecule has 0 radical (unpaired) electrons. The molecular weight excluding hydrogens is 286 g/mol. The van der Waals surface area contributed by atoms with Gasteiger partial charge in [-0.1, -0.05) is 25.2 Å². The minimum absolute atomic E-state index is 0.621. The van der Waals surface area contributed by atoms with Gasteiger partial charge in [-0.05, 0) is 30.7 Å². The molecule has 0 aliphatic rings. The van der Waals surface area contributed by atoms with Crippen molar-refractivity contribution in [3.05, 3.63) is 23.2 Å². The van der Waals surface area contributed by atoms with Crippen LogP contribution >= 0.6 is 11.3 Å². The Balaban J connectivity index is 2.16. The lowest BCUT2D eigenvalue weighted by Gasteiger charge is -2.07. The van der Waals surface area contributed by atoms with E-state index in [-0.39, 0.29) is 0 Å². The Kier molecular flexibility index (Phi) is 5.52. The van der Waals surface area contributed by atoms with Gasteiger partial charge in [0.1, 0.15) is 16.5 Å². The highest BCUT2D eigenvalue weighted by molar-refractivity contribution is 7.14. The number of benzene rings is 1. The SMILES string of the molecule is COc1ccc(OC)c(-c2nnc(CNCC(C)C)s2)c1. The zero-order valence-corrected chi connectivity index (χ0v) is 13.7. The summed E-state index contributed by atoms with van der Waals surface area (Å²) in [6.45, 7) is 6.07. The van der Waals surface area contributed by atoms with Crippen molar-refractivity contribution in [2.75, 3.05) is 20.8 Å². The molecule has 1 N–H and O–H groups in total. The molecule has 6 heteroatoms. The van der Waals surface area contributed by atoms with Gasteiger partial charge in [0, 0.05) is 6.54 Å². The van der Waals surface area contributed by atoms with Crippen molar-refractivity contribution in [2.45, 2.75) is 20.4 Å². The molecule has 0 saturated heterocycles. The highest BCUT2D eigenvalue weighted by atomic mass is 32.1. The molecule has 5 nitrogen and oxygen atoms in total. The first-order chi connectivity index (χ1) is 10.1. The van der Waals surface area contributed by atoms with E-state index in [0.717, 1.165) is 40.2 Å². The largest absolute Gasteiger partial charge is 0.497 e. The molecule has 1 aromatic carbocycles. The van der Waals surface area contributed by atoms with Crippen LogP contribution < -0.4 is 14.8 Å². The summed E-state index contributed by atoms with van der Waals surface area (Å²) < 4.78 is 10.7. The summed E-state index contributed by atoms with van der Waals surface area (Å²) in [5.74, 6) is 2.17. The maximum atomic E-state index is 5.39. The van der Waals surface area contributed by atoms with E-state index in [4.69, 9.17) is 9.47 Å². The average Bonchev–Trinajstić information content (AvgIpc) is 2.95. The van der Waals surface area contributed by atoms with Crippen molar-refractivity contribution in [3.63, 3.8) is 0 Å². The van der Waals surface area contributed by atoms with Crippen LogP contribution in [0.3, 0.4) is 0 Å². The summed E-state index contributed by atoms with van der Waals surface area (Å²) in [6.07, 6.45) is 0. The van der Waals surface area contributed by atoms with Crippen LogP contribution in [0, 0.1) is 5.92 Å². The molecule has 0 spiro atoms. The summed E-state index contributed by atoms with van der Waals surface area (Å²) in [6, 6.07) is 5.67. The van der Waals surface area contributed by atoms with Crippen molar-refractivity contribution in [1.29, 1.82) is 0 Å². The maximum Gasteiger partial charge on any atom is 0.151 e. The normalized spacial score (nSPS) is 10.9. The van der Waals surface area contributed by atoms with Crippen LogP contribution in [0.15, 0.2) is 18.2 Å². The molecular formula is C15H21N3O2S. The van der Waals surface area contributed by atoms with Crippen molar-refractivity contribution < 1.29 is 9.47 Å². The number of hydrogen-bond acceptors (Lipinski definition) is 6. The lowest BCUT2D eigenvalue weighted by Crippen LogP contribution is -2.18. The average molecular weight is 307 g/mol. The first-order valence-corrected chi connectivity index (χ1v) is 7.71.